The average molecular weight is 383 g/mol. The van der Waals surface area contributed by atoms with Crippen molar-refractivity contribution in [3.63, 3.8) is 0 Å². The second-order valence-electron chi connectivity index (χ2n) is 6.29. The van der Waals surface area contributed by atoms with Gasteiger partial charge in [-0.15, -0.1) is 11.3 Å². The van der Waals surface area contributed by atoms with Gasteiger partial charge in [-0.05, 0) is 24.3 Å². The molecule has 0 saturated carbocycles. The normalized spacial score (nSPS) is 14.4. The minimum atomic E-state index is -0.345. The maximum atomic E-state index is 13.9. The number of para-hydroxylation sites is 2. The van der Waals surface area contributed by atoms with Gasteiger partial charge in [0.15, 0.2) is 0 Å². The number of amides is 1. The van der Waals surface area contributed by atoms with Crippen LogP contribution in [0, 0.1) is 5.82 Å². The summed E-state index contributed by atoms with van der Waals surface area (Å²) in [5, 5.41) is 12.2. The van der Waals surface area contributed by atoms with Gasteiger partial charge in [-0.25, -0.2) is 9.37 Å². The molecule has 7 heteroatoms. The van der Waals surface area contributed by atoms with Crippen molar-refractivity contribution in [1.82, 2.24) is 9.88 Å². The number of rotatable bonds is 3. The largest absolute Gasteiger partial charge is 0.506 e. The van der Waals surface area contributed by atoms with Crippen LogP contribution in [-0.4, -0.2) is 47.1 Å². The second kappa shape index (κ2) is 7.36. The van der Waals surface area contributed by atoms with Crippen LogP contribution in [-0.2, 0) is 0 Å². The zero-order valence-corrected chi connectivity index (χ0v) is 15.3. The molecule has 5 nitrogen and oxygen atoms in total. The lowest BCUT2D eigenvalue weighted by atomic mass is 10.2. The number of carbonyl (C=O) groups excluding carboxylic acids is 1. The maximum Gasteiger partial charge on any atom is 0.273 e. The summed E-state index contributed by atoms with van der Waals surface area (Å²) in [7, 11) is 0. The summed E-state index contributed by atoms with van der Waals surface area (Å²) in [5.74, 6) is -0.251. The Labute approximate surface area is 160 Å². The number of benzene rings is 2. The molecule has 0 radical (unpaired) electrons. The van der Waals surface area contributed by atoms with E-state index in [1.807, 2.05) is 12.1 Å². The summed E-state index contributed by atoms with van der Waals surface area (Å²) in [6, 6.07) is 13.6. The molecule has 1 aliphatic heterocycles. The Morgan fingerprint density at radius 2 is 1.74 bits per heavy atom. The third-order valence-electron chi connectivity index (χ3n) is 4.62. The van der Waals surface area contributed by atoms with Crippen molar-refractivity contribution in [1.29, 1.82) is 0 Å². The first-order chi connectivity index (χ1) is 13.1. The van der Waals surface area contributed by atoms with Crippen LogP contribution in [0.15, 0.2) is 53.9 Å². The topological polar surface area (TPSA) is 56.7 Å². The quantitative estimate of drug-likeness (QED) is 0.751. The van der Waals surface area contributed by atoms with Crippen LogP contribution < -0.4 is 4.90 Å². The lowest BCUT2D eigenvalue weighted by Gasteiger charge is -2.36. The number of aromatic nitrogens is 1. The number of phenolic OH excluding ortho intramolecular Hbond substituents is 1. The van der Waals surface area contributed by atoms with Gasteiger partial charge < -0.3 is 14.9 Å². The summed E-state index contributed by atoms with van der Waals surface area (Å²) < 4.78 is 13.9. The van der Waals surface area contributed by atoms with Crippen LogP contribution >= 0.6 is 11.3 Å². The molecule has 1 aromatic heterocycles. The standard InChI is InChI=1S/C20H18FN3O2S/c21-15-6-2-1-5-14(15)19-22-16(13-27-19)20(26)24-11-9-23(10-12-24)17-7-3-4-8-18(17)25/h1-8,13,25H,9-12H2. The van der Waals surface area contributed by atoms with Gasteiger partial charge in [0.1, 0.15) is 22.3 Å². The molecule has 2 aromatic carbocycles. The van der Waals surface area contributed by atoms with Gasteiger partial charge in [-0.1, -0.05) is 24.3 Å². The molecule has 138 valence electrons. The first kappa shape index (κ1) is 17.5. The number of thiazole rings is 1. The van der Waals surface area contributed by atoms with E-state index in [0.717, 1.165) is 5.69 Å². The van der Waals surface area contributed by atoms with Crippen LogP contribution in [0.25, 0.3) is 10.6 Å². The molecule has 1 amide bonds. The van der Waals surface area contributed by atoms with Crippen molar-refractivity contribution in [3.8, 4) is 16.3 Å². The Morgan fingerprint density at radius 3 is 2.48 bits per heavy atom. The van der Waals surface area contributed by atoms with E-state index in [2.05, 4.69) is 9.88 Å². The van der Waals surface area contributed by atoms with Crippen LogP contribution in [0.5, 0.6) is 5.75 Å². The third kappa shape index (κ3) is 3.50. The number of phenols is 1. The van der Waals surface area contributed by atoms with Crippen LogP contribution in [0.4, 0.5) is 10.1 Å². The zero-order valence-electron chi connectivity index (χ0n) is 14.5. The molecule has 1 N–H and O–H groups in total. The van der Waals surface area contributed by atoms with E-state index < -0.39 is 0 Å². The van der Waals surface area contributed by atoms with Gasteiger partial charge in [-0.2, -0.15) is 0 Å². The summed E-state index contributed by atoms with van der Waals surface area (Å²) in [5.41, 5.74) is 1.53. The molecule has 2 heterocycles. The first-order valence-electron chi connectivity index (χ1n) is 8.66. The lowest BCUT2D eigenvalue weighted by Crippen LogP contribution is -2.48. The molecule has 1 saturated heterocycles. The van der Waals surface area contributed by atoms with Crippen LogP contribution in [0.1, 0.15) is 10.5 Å². The Bertz CT molecular complexity index is 967. The van der Waals surface area contributed by atoms with E-state index in [9.17, 15) is 14.3 Å². The molecule has 0 spiro atoms. The van der Waals surface area contributed by atoms with Crippen molar-refractivity contribution in [3.05, 3.63) is 65.4 Å². The van der Waals surface area contributed by atoms with Crippen molar-refractivity contribution in [2.24, 2.45) is 0 Å². The number of hydrogen-bond acceptors (Lipinski definition) is 5. The van der Waals surface area contributed by atoms with E-state index in [1.165, 1.54) is 17.4 Å². The molecular weight excluding hydrogens is 365 g/mol. The Hall–Kier alpha value is -2.93. The van der Waals surface area contributed by atoms with E-state index in [1.54, 1.807) is 40.6 Å². The lowest BCUT2D eigenvalue weighted by molar-refractivity contribution is 0.0741. The molecule has 0 bridgehead atoms. The van der Waals surface area contributed by atoms with Crippen molar-refractivity contribution >= 4 is 22.9 Å². The molecule has 1 aliphatic rings. The SMILES string of the molecule is O=C(c1csc(-c2ccccc2F)n1)N1CCN(c2ccccc2O)CC1. The third-order valence-corrected chi connectivity index (χ3v) is 5.49. The van der Waals surface area contributed by atoms with Gasteiger partial charge >= 0.3 is 0 Å². The van der Waals surface area contributed by atoms with Crippen molar-refractivity contribution in [2.45, 2.75) is 0 Å². The van der Waals surface area contributed by atoms with E-state index >= 15 is 0 Å². The minimum Gasteiger partial charge on any atom is -0.506 e. The fraction of sp³-hybridized carbons (Fsp3) is 0.200. The van der Waals surface area contributed by atoms with E-state index in [-0.39, 0.29) is 17.5 Å². The highest BCUT2D eigenvalue weighted by Gasteiger charge is 2.25. The van der Waals surface area contributed by atoms with Crippen molar-refractivity contribution < 1.29 is 14.3 Å². The van der Waals surface area contributed by atoms with Gasteiger partial charge in [0.05, 0.1) is 5.69 Å². The predicted octanol–water partition coefficient (Wildman–Crippen LogP) is 3.62. The number of halogens is 1. The maximum absolute atomic E-state index is 13.9. The number of carbonyl (C=O) groups is 1. The number of anilines is 1. The Kier molecular flexibility index (Phi) is 4.77. The number of aromatic hydroxyl groups is 1. The second-order valence-corrected chi connectivity index (χ2v) is 7.14. The van der Waals surface area contributed by atoms with Gasteiger partial charge in [0.25, 0.3) is 5.91 Å². The van der Waals surface area contributed by atoms with Gasteiger partial charge in [-0.3, -0.25) is 4.79 Å². The summed E-state index contributed by atoms with van der Waals surface area (Å²) >= 11 is 1.27. The summed E-state index contributed by atoms with van der Waals surface area (Å²) in [4.78, 5) is 20.9. The van der Waals surface area contributed by atoms with Crippen LogP contribution in [0.3, 0.4) is 0 Å². The van der Waals surface area contributed by atoms with Crippen LogP contribution in [0.2, 0.25) is 0 Å². The highest BCUT2D eigenvalue weighted by molar-refractivity contribution is 7.13. The molecule has 27 heavy (non-hydrogen) atoms. The number of hydrogen-bond donors (Lipinski definition) is 1. The molecule has 0 aliphatic carbocycles. The fourth-order valence-electron chi connectivity index (χ4n) is 3.17. The van der Waals surface area contributed by atoms with Crippen molar-refractivity contribution in [2.75, 3.05) is 31.1 Å². The molecule has 3 aromatic rings. The van der Waals surface area contributed by atoms with E-state index in [4.69, 9.17) is 0 Å². The molecule has 1 fully saturated rings. The minimum absolute atomic E-state index is 0.147. The molecule has 0 atom stereocenters. The smallest absolute Gasteiger partial charge is 0.273 e. The van der Waals surface area contributed by atoms with E-state index in [0.29, 0.717) is 42.4 Å². The zero-order chi connectivity index (χ0) is 18.8. The average Bonchev–Trinajstić information content (AvgIpc) is 3.18. The molecule has 0 unspecified atom stereocenters. The number of nitrogens with zero attached hydrogens (tertiary/aromatic N) is 3. The first-order valence-corrected chi connectivity index (χ1v) is 9.54. The molecular formula is C20H18FN3O2S. The van der Waals surface area contributed by atoms with Gasteiger partial charge in [0.2, 0.25) is 0 Å². The Balaban J connectivity index is 1.44. The number of piperazine rings is 1. The summed E-state index contributed by atoms with van der Waals surface area (Å²) in [6.45, 7) is 2.35. The Morgan fingerprint density at radius 1 is 1.04 bits per heavy atom. The highest BCUT2D eigenvalue weighted by Crippen LogP contribution is 2.29. The van der Waals surface area contributed by atoms with Gasteiger partial charge in [0, 0.05) is 37.1 Å². The summed E-state index contributed by atoms with van der Waals surface area (Å²) in [6.07, 6.45) is 0. The fourth-order valence-corrected chi connectivity index (χ4v) is 3.99. The molecule has 4 rings (SSSR count). The monoisotopic (exact) mass is 383 g/mol. The highest BCUT2D eigenvalue weighted by atomic mass is 32.1. The predicted molar refractivity (Wildman–Crippen MR) is 104 cm³/mol.